The Bertz CT molecular complexity index is 136. The van der Waals surface area contributed by atoms with Crippen LogP contribution in [-0.4, -0.2) is 18.6 Å². The number of hydrogen-bond acceptors (Lipinski definition) is 2. The molecule has 0 radical (unpaired) electrons. The van der Waals surface area contributed by atoms with E-state index in [9.17, 15) is 4.79 Å². The van der Waals surface area contributed by atoms with E-state index in [4.69, 9.17) is 16.9 Å². The Morgan fingerprint density at radius 1 is 2.00 bits per heavy atom. The summed E-state index contributed by atoms with van der Waals surface area (Å²) in [5.74, 6) is 1.73. The maximum Gasteiger partial charge on any atom is 0.246 e. The van der Waals surface area contributed by atoms with Crippen molar-refractivity contribution in [1.29, 1.82) is 0 Å². The molecular formula is C6H9NO2. The first-order chi connectivity index (χ1) is 4.18. The molecule has 0 rings (SSSR count). The first-order valence-electron chi connectivity index (χ1n) is 2.53. The minimum Gasteiger partial charge on any atom is -0.367 e. The largest absolute Gasteiger partial charge is 0.367 e. The molecule has 1 amide bonds. The second-order valence-corrected chi connectivity index (χ2v) is 1.56. The van der Waals surface area contributed by atoms with Crippen molar-refractivity contribution in [2.24, 2.45) is 5.73 Å². The predicted molar refractivity (Wildman–Crippen MR) is 33.4 cm³/mol. The summed E-state index contributed by atoms with van der Waals surface area (Å²) in [4.78, 5) is 10.2. The number of carbonyl (C=O) groups excluding carboxylic acids is 1. The van der Waals surface area contributed by atoms with E-state index in [0.717, 1.165) is 0 Å². The van der Waals surface area contributed by atoms with E-state index in [1.165, 1.54) is 0 Å². The standard InChI is InChI=1S/C6H9NO2/c1-3-4-9-5(2)6(7)8/h1,5H,4H2,2H3,(H2,7,8). The van der Waals surface area contributed by atoms with Gasteiger partial charge in [-0.15, -0.1) is 6.42 Å². The molecule has 3 nitrogen and oxygen atoms in total. The molecule has 0 aliphatic carbocycles. The highest BCUT2D eigenvalue weighted by molar-refractivity contribution is 5.78. The van der Waals surface area contributed by atoms with Crippen LogP contribution in [0.3, 0.4) is 0 Å². The molecule has 1 unspecified atom stereocenters. The average Bonchev–Trinajstić information content (AvgIpc) is 1.82. The fourth-order valence-corrected chi connectivity index (χ4v) is 0.255. The van der Waals surface area contributed by atoms with E-state index in [-0.39, 0.29) is 6.61 Å². The highest BCUT2D eigenvalue weighted by atomic mass is 16.5. The molecule has 0 heterocycles. The minimum absolute atomic E-state index is 0.129. The molecular weight excluding hydrogens is 118 g/mol. The first-order valence-corrected chi connectivity index (χ1v) is 2.53. The third-order valence-electron chi connectivity index (χ3n) is 0.817. The van der Waals surface area contributed by atoms with Gasteiger partial charge in [0.2, 0.25) is 5.91 Å². The molecule has 2 N–H and O–H groups in total. The van der Waals surface area contributed by atoms with E-state index in [1.54, 1.807) is 6.92 Å². The van der Waals surface area contributed by atoms with Crippen LogP contribution in [-0.2, 0) is 9.53 Å². The normalized spacial score (nSPS) is 12.0. The zero-order valence-corrected chi connectivity index (χ0v) is 5.26. The highest BCUT2D eigenvalue weighted by Gasteiger charge is 2.05. The van der Waals surface area contributed by atoms with Crippen molar-refractivity contribution < 1.29 is 9.53 Å². The van der Waals surface area contributed by atoms with Gasteiger partial charge in [-0.05, 0) is 6.92 Å². The lowest BCUT2D eigenvalue weighted by Gasteiger charge is -2.03. The molecule has 50 valence electrons. The van der Waals surface area contributed by atoms with Crippen molar-refractivity contribution in [1.82, 2.24) is 0 Å². The van der Waals surface area contributed by atoms with Crippen LogP contribution >= 0.6 is 0 Å². The summed E-state index contributed by atoms with van der Waals surface area (Å²) in [6, 6.07) is 0. The van der Waals surface area contributed by atoms with Crippen molar-refractivity contribution in [2.75, 3.05) is 6.61 Å². The summed E-state index contributed by atoms with van der Waals surface area (Å²) in [5.41, 5.74) is 4.84. The van der Waals surface area contributed by atoms with Crippen molar-refractivity contribution in [3.05, 3.63) is 0 Å². The number of ether oxygens (including phenoxy) is 1. The maximum atomic E-state index is 10.2. The summed E-state index contributed by atoms with van der Waals surface area (Å²) in [6.45, 7) is 1.68. The van der Waals surface area contributed by atoms with Gasteiger partial charge in [-0.25, -0.2) is 0 Å². The Balaban J connectivity index is 3.41. The molecule has 9 heavy (non-hydrogen) atoms. The molecule has 0 aliphatic rings. The highest BCUT2D eigenvalue weighted by Crippen LogP contribution is 1.85. The van der Waals surface area contributed by atoms with Gasteiger partial charge in [-0.3, -0.25) is 4.79 Å². The summed E-state index contributed by atoms with van der Waals surface area (Å²) in [7, 11) is 0. The van der Waals surface area contributed by atoms with E-state index in [0.29, 0.717) is 0 Å². The first kappa shape index (κ1) is 7.99. The van der Waals surface area contributed by atoms with Crippen molar-refractivity contribution in [3.63, 3.8) is 0 Å². The zero-order valence-electron chi connectivity index (χ0n) is 5.26. The topological polar surface area (TPSA) is 52.3 Å². The average molecular weight is 127 g/mol. The number of primary amides is 1. The number of terminal acetylenes is 1. The van der Waals surface area contributed by atoms with Gasteiger partial charge in [0, 0.05) is 0 Å². The third kappa shape index (κ3) is 3.56. The summed E-state index contributed by atoms with van der Waals surface area (Å²) >= 11 is 0. The Hall–Kier alpha value is -1.01. The number of hydrogen-bond donors (Lipinski definition) is 1. The van der Waals surface area contributed by atoms with Gasteiger partial charge >= 0.3 is 0 Å². The molecule has 0 saturated carbocycles. The Labute approximate surface area is 54.2 Å². The fourth-order valence-electron chi connectivity index (χ4n) is 0.255. The smallest absolute Gasteiger partial charge is 0.246 e. The maximum absolute atomic E-state index is 10.2. The minimum atomic E-state index is -0.582. The van der Waals surface area contributed by atoms with E-state index < -0.39 is 12.0 Å². The molecule has 0 spiro atoms. The van der Waals surface area contributed by atoms with Crippen LogP contribution < -0.4 is 5.73 Å². The summed E-state index contributed by atoms with van der Waals surface area (Å²) < 4.78 is 4.74. The van der Waals surface area contributed by atoms with Crippen LogP contribution in [0.25, 0.3) is 0 Å². The second kappa shape index (κ2) is 3.93. The number of amides is 1. The van der Waals surface area contributed by atoms with E-state index >= 15 is 0 Å². The van der Waals surface area contributed by atoms with Gasteiger partial charge < -0.3 is 10.5 Å². The Morgan fingerprint density at radius 3 is 2.89 bits per heavy atom. The molecule has 0 aliphatic heterocycles. The Morgan fingerprint density at radius 2 is 2.56 bits per heavy atom. The van der Waals surface area contributed by atoms with Crippen molar-refractivity contribution in [3.8, 4) is 12.3 Å². The van der Waals surface area contributed by atoms with Crippen molar-refractivity contribution >= 4 is 5.91 Å². The molecule has 0 bridgehead atoms. The molecule has 0 saturated heterocycles. The molecule has 1 atom stereocenters. The van der Waals surface area contributed by atoms with Gasteiger partial charge in [0.25, 0.3) is 0 Å². The van der Waals surface area contributed by atoms with Gasteiger partial charge in [-0.1, -0.05) is 5.92 Å². The fraction of sp³-hybridized carbons (Fsp3) is 0.500. The van der Waals surface area contributed by atoms with E-state index in [1.807, 2.05) is 0 Å². The van der Waals surface area contributed by atoms with Crippen LogP contribution in [0.15, 0.2) is 0 Å². The van der Waals surface area contributed by atoms with Crippen LogP contribution in [0.4, 0.5) is 0 Å². The Kier molecular flexibility index (Phi) is 3.49. The third-order valence-corrected chi connectivity index (χ3v) is 0.817. The molecule has 3 heteroatoms. The summed E-state index contributed by atoms with van der Waals surface area (Å²) in [5, 5.41) is 0. The van der Waals surface area contributed by atoms with Crippen LogP contribution in [0, 0.1) is 12.3 Å². The number of carbonyl (C=O) groups is 1. The zero-order chi connectivity index (χ0) is 7.28. The molecule has 0 fully saturated rings. The molecule has 0 aromatic heterocycles. The SMILES string of the molecule is C#CCOC(C)C(N)=O. The number of nitrogens with two attached hydrogens (primary N) is 1. The molecule has 0 aromatic rings. The van der Waals surface area contributed by atoms with Gasteiger partial charge in [0.05, 0.1) is 0 Å². The quantitative estimate of drug-likeness (QED) is 0.520. The second-order valence-electron chi connectivity index (χ2n) is 1.56. The van der Waals surface area contributed by atoms with Crippen molar-refractivity contribution in [2.45, 2.75) is 13.0 Å². The van der Waals surface area contributed by atoms with Gasteiger partial charge in [0.1, 0.15) is 12.7 Å². The van der Waals surface area contributed by atoms with Crippen LogP contribution in [0.2, 0.25) is 0 Å². The van der Waals surface area contributed by atoms with Gasteiger partial charge in [-0.2, -0.15) is 0 Å². The van der Waals surface area contributed by atoms with Gasteiger partial charge in [0.15, 0.2) is 0 Å². The monoisotopic (exact) mass is 127 g/mol. The van der Waals surface area contributed by atoms with E-state index in [2.05, 4.69) is 5.92 Å². The summed E-state index contributed by atoms with van der Waals surface area (Å²) in [6.07, 6.45) is 4.27. The number of rotatable bonds is 3. The van der Waals surface area contributed by atoms with Crippen LogP contribution in [0.1, 0.15) is 6.92 Å². The van der Waals surface area contributed by atoms with Crippen LogP contribution in [0.5, 0.6) is 0 Å². The lowest BCUT2D eigenvalue weighted by Crippen LogP contribution is -2.28. The molecule has 0 aromatic carbocycles. The lowest BCUT2D eigenvalue weighted by atomic mass is 10.4. The predicted octanol–water partition coefficient (Wildman–Crippen LogP) is -0.490. The lowest BCUT2D eigenvalue weighted by molar-refractivity contribution is -0.127.